The molecule has 1 aromatic carbocycles. The van der Waals surface area contributed by atoms with E-state index in [9.17, 15) is 4.79 Å². The Morgan fingerprint density at radius 2 is 2.38 bits per heavy atom. The van der Waals surface area contributed by atoms with Gasteiger partial charge in [-0.25, -0.2) is 9.36 Å². The zero-order chi connectivity index (χ0) is 11.1. The van der Waals surface area contributed by atoms with E-state index in [0.717, 1.165) is 5.56 Å². The largest absolute Gasteiger partial charge is 0.483 e. The summed E-state index contributed by atoms with van der Waals surface area (Å²) in [7, 11) is 0. The minimum atomic E-state index is -0.506. The van der Waals surface area contributed by atoms with E-state index in [1.54, 1.807) is 12.1 Å². The first-order valence-electron chi connectivity index (χ1n) is 4.83. The second-order valence-electron chi connectivity index (χ2n) is 3.49. The van der Waals surface area contributed by atoms with E-state index in [1.165, 1.54) is 4.57 Å². The van der Waals surface area contributed by atoms with Crippen molar-refractivity contribution in [3.63, 3.8) is 0 Å². The molecule has 2 aromatic rings. The molecule has 1 aromatic heterocycles. The Morgan fingerprint density at radius 3 is 3.19 bits per heavy atom. The van der Waals surface area contributed by atoms with E-state index in [2.05, 4.69) is 9.68 Å². The number of nitrogens with two attached hydrogens (primary N) is 1. The van der Waals surface area contributed by atoms with Crippen LogP contribution in [0.5, 0.6) is 5.75 Å². The van der Waals surface area contributed by atoms with Gasteiger partial charge in [-0.15, -0.1) is 0 Å². The molecule has 0 amide bonds. The van der Waals surface area contributed by atoms with Crippen molar-refractivity contribution >= 4 is 0 Å². The van der Waals surface area contributed by atoms with Crippen LogP contribution in [0.25, 0.3) is 5.69 Å². The van der Waals surface area contributed by atoms with Crippen LogP contribution in [0.3, 0.4) is 0 Å². The Morgan fingerprint density at radius 1 is 1.50 bits per heavy atom. The maximum Gasteiger partial charge on any atom is 0.446 e. The van der Waals surface area contributed by atoms with Gasteiger partial charge in [-0.3, -0.25) is 4.52 Å². The predicted octanol–water partition coefficient (Wildman–Crippen LogP) is 0.177. The summed E-state index contributed by atoms with van der Waals surface area (Å²) in [5.41, 5.74) is 7.10. The van der Waals surface area contributed by atoms with Crippen LogP contribution in [-0.4, -0.2) is 9.72 Å². The second-order valence-corrected chi connectivity index (χ2v) is 3.49. The maximum absolute atomic E-state index is 11.5. The molecule has 16 heavy (non-hydrogen) atoms. The lowest BCUT2D eigenvalue weighted by atomic mass is 10.1. The molecule has 0 saturated heterocycles. The number of benzene rings is 1. The highest BCUT2D eigenvalue weighted by atomic mass is 16.5. The topological polar surface area (TPSA) is 83.3 Å². The van der Waals surface area contributed by atoms with Crippen LogP contribution in [-0.2, 0) is 13.2 Å². The minimum Gasteiger partial charge on any atom is -0.483 e. The molecule has 82 valence electrons. The van der Waals surface area contributed by atoms with Gasteiger partial charge in [0.15, 0.2) is 12.4 Å². The lowest BCUT2D eigenvalue weighted by Gasteiger charge is -2.17. The Kier molecular flexibility index (Phi) is 1.84. The van der Waals surface area contributed by atoms with E-state index in [4.69, 9.17) is 10.5 Å². The predicted molar refractivity (Wildman–Crippen MR) is 54.3 cm³/mol. The molecule has 3 rings (SSSR count). The molecule has 0 unspecified atom stereocenters. The third-order valence-corrected chi connectivity index (χ3v) is 2.53. The van der Waals surface area contributed by atoms with Gasteiger partial charge < -0.3 is 10.5 Å². The highest BCUT2D eigenvalue weighted by Gasteiger charge is 2.22. The van der Waals surface area contributed by atoms with Gasteiger partial charge in [0.05, 0.1) is 5.69 Å². The van der Waals surface area contributed by atoms with Gasteiger partial charge in [-0.1, -0.05) is 11.2 Å². The quantitative estimate of drug-likeness (QED) is 0.739. The Balaban J connectivity index is 2.29. The molecule has 0 saturated carbocycles. The summed E-state index contributed by atoms with van der Waals surface area (Å²) in [4.78, 5) is 11.5. The monoisotopic (exact) mass is 219 g/mol. The second kappa shape index (κ2) is 3.21. The van der Waals surface area contributed by atoms with Crippen LogP contribution in [0, 0.1) is 0 Å². The highest BCUT2D eigenvalue weighted by molar-refractivity contribution is 5.50. The molecule has 1 aliphatic heterocycles. The highest BCUT2D eigenvalue weighted by Crippen LogP contribution is 2.28. The average Bonchev–Trinajstić information content (AvgIpc) is 2.71. The van der Waals surface area contributed by atoms with E-state index >= 15 is 0 Å². The molecular formula is C10H9N3O3. The van der Waals surface area contributed by atoms with Gasteiger partial charge in [0.2, 0.25) is 0 Å². The first-order chi connectivity index (χ1) is 7.79. The molecular weight excluding hydrogens is 210 g/mol. The van der Waals surface area contributed by atoms with E-state index in [1.807, 2.05) is 6.07 Å². The zero-order valence-electron chi connectivity index (χ0n) is 8.34. The molecule has 2 heterocycles. The Hall–Kier alpha value is -2.08. The average molecular weight is 219 g/mol. The molecule has 2 N–H and O–H groups in total. The molecule has 0 radical (unpaired) electrons. The van der Waals surface area contributed by atoms with Crippen LogP contribution in [0.4, 0.5) is 0 Å². The fourth-order valence-corrected chi connectivity index (χ4v) is 1.74. The number of fused-ring (bicyclic) bond motifs is 3. The van der Waals surface area contributed by atoms with Crippen molar-refractivity contribution in [2.24, 2.45) is 5.73 Å². The number of ether oxygens (including phenoxy) is 1. The fraction of sp³-hybridized carbons (Fsp3) is 0.200. The molecule has 0 fully saturated rings. The Labute approximate surface area is 90.2 Å². The van der Waals surface area contributed by atoms with Gasteiger partial charge in [0, 0.05) is 6.54 Å². The van der Waals surface area contributed by atoms with Crippen molar-refractivity contribution in [2.75, 3.05) is 0 Å². The Bertz CT molecular complexity index is 600. The molecule has 0 bridgehead atoms. The van der Waals surface area contributed by atoms with Crippen molar-refractivity contribution in [3.05, 3.63) is 40.1 Å². The van der Waals surface area contributed by atoms with Crippen LogP contribution < -0.4 is 16.2 Å². The SMILES string of the molecule is NCc1ccc2c(c1)-n1c(noc1=O)CO2. The molecule has 0 spiro atoms. The van der Waals surface area contributed by atoms with Crippen LogP contribution in [0.2, 0.25) is 0 Å². The lowest BCUT2D eigenvalue weighted by Crippen LogP contribution is -2.21. The van der Waals surface area contributed by atoms with Gasteiger partial charge in [-0.2, -0.15) is 0 Å². The van der Waals surface area contributed by atoms with Crippen LogP contribution in [0.1, 0.15) is 11.4 Å². The van der Waals surface area contributed by atoms with E-state index < -0.39 is 5.76 Å². The molecule has 1 aliphatic rings. The minimum absolute atomic E-state index is 0.237. The van der Waals surface area contributed by atoms with Crippen molar-refractivity contribution in [3.8, 4) is 11.4 Å². The van der Waals surface area contributed by atoms with Crippen molar-refractivity contribution in [1.29, 1.82) is 0 Å². The van der Waals surface area contributed by atoms with Crippen molar-refractivity contribution in [1.82, 2.24) is 9.72 Å². The van der Waals surface area contributed by atoms with E-state index in [-0.39, 0.29) is 6.61 Å². The molecule has 0 aliphatic carbocycles. The normalized spacial score (nSPS) is 12.8. The third kappa shape index (κ3) is 1.17. The summed E-state index contributed by atoms with van der Waals surface area (Å²) in [6.45, 7) is 0.642. The first-order valence-corrected chi connectivity index (χ1v) is 4.83. The number of nitrogens with zero attached hydrogens (tertiary/aromatic N) is 2. The third-order valence-electron chi connectivity index (χ3n) is 2.53. The standard InChI is InChI=1S/C10H9N3O3/c11-4-6-1-2-8-7(3-6)13-9(5-15-8)12-16-10(13)14/h1-3H,4-5,11H2. The molecule has 6 heteroatoms. The van der Waals surface area contributed by atoms with Crippen molar-refractivity contribution < 1.29 is 9.26 Å². The van der Waals surface area contributed by atoms with Gasteiger partial charge in [0.25, 0.3) is 0 Å². The first kappa shape index (κ1) is 9.17. The summed E-state index contributed by atoms with van der Waals surface area (Å²) in [6, 6.07) is 5.46. The summed E-state index contributed by atoms with van der Waals surface area (Å²) >= 11 is 0. The number of hydrogen-bond acceptors (Lipinski definition) is 5. The lowest BCUT2D eigenvalue weighted by molar-refractivity contribution is 0.273. The molecule has 6 nitrogen and oxygen atoms in total. The van der Waals surface area contributed by atoms with Crippen molar-refractivity contribution in [2.45, 2.75) is 13.2 Å². The summed E-state index contributed by atoms with van der Waals surface area (Å²) < 4.78 is 11.4. The van der Waals surface area contributed by atoms with Gasteiger partial charge in [0.1, 0.15) is 5.75 Å². The molecule has 0 atom stereocenters. The van der Waals surface area contributed by atoms with E-state index in [0.29, 0.717) is 23.8 Å². The summed E-state index contributed by atoms with van der Waals surface area (Å²) in [5.74, 6) is 0.593. The van der Waals surface area contributed by atoms with Crippen LogP contribution in [0.15, 0.2) is 27.5 Å². The smallest absolute Gasteiger partial charge is 0.446 e. The summed E-state index contributed by atoms with van der Waals surface area (Å²) in [6.07, 6.45) is 0. The zero-order valence-corrected chi connectivity index (χ0v) is 8.34. The fourth-order valence-electron chi connectivity index (χ4n) is 1.74. The van der Waals surface area contributed by atoms with Crippen LogP contribution >= 0.6 is 0 Å². The number of rotatable bonds is 1. The summed E-state index contributed by atoms with van der Waals surface area (Å²) in [5, 5.41) is 3.63. The number of aromatic nitrogens is 2. The maximum atomic E-state index is 11.5. The number of hydrogen-bond donors (Lipinski definition) is 1. The van der Waals surface area contributed by atoms with Gasteiger partial charge >= 0.3 is 5.76 Å². The van der Waals surface area contributed by atoms with Gasteiger partial charge in [-0.05, 0) is 17.7 Å².